The van der Waals surface area contributed by atoms with Crippen LogP contribution in [0.25, 0.3) is 0 Å². The van der Waals surface area contributed by atoms with Crippen LogP contribution in [0.3, 0.4) is 0 Å². The van der Waals surface area contributed by atoms with Gasteiger partial charge in [-0.05, 0) is 30.3 Å². The smallest absolute Gasteiger partial charge is 0.203 e. The predicted octanol–water partition coefficient (Wildman–Crippen LogP) is 3.13. The molecule has 2 rings (SSSR count). The number of rotatable bonds is 10. The zero-order valence-corrected chi connectivity index (χ0v) is 20.7. The van der Waals surface area contributed by atoms with Gasteiger partial charge in [0.1, 0.15) is 0 Å². The predicted molar refractivity (Wildman–Crippen MR) is 132 cm³/mol. The van der Waals surface area contributed by atoms with E-state index < -0.39 is 0 Å². The highest BCUT2D eigenvalue weighted by molar-refractivity contribution is 14.0. The first-order chi connectivity index (χ1) is 14.1. The van der Waals surface area contributed by atoms with Crippen molar-refractivity contribution in [3.63, 3.8) is 0 Å². The lowest BCUT2D eigenvalue weighted by Gasteiger charge is -2.19. The Labute approximate surface area is 196 Å². The second-order valence-electron chi connectivity index (χ2n) is 6.61. The molecule has 0 saturated carbocycles. The molecule has 8 heteroatoms. The van der Waals surface area contributed by atoms with E-state index in [9.17, 15) is 0 Å². The van der Waals surface area contributed by atoms with Crippen LogP contribution in [0, 0.1) is 0 Å². The lowest BCUT2D eigenvalue weighted by atomic mass is 10.2. The van der Waals surface area contributed by atoms with E-state index in [4.69, 9.17) is 14.2 Å². The Balaban J connectivity index is 0.00000450. The number of hydrogen-bond acceptors (Lipinski definition) is 5. The maximum atomic E-state index is 5.41. The molecule has 2 N–H and O–H groups in total. The Kier molecular flexibility index (Phi) is 12.0. The third-order valence-corrected chi connectivity index (χ3v) is 4.49. The number of nitrogens with one attached hydrogen (secondary N) is 2. The Hall–Kier alpha value is -2.20. The number of aliphatic imine (C=N–C) groups is 1. The average Bonchev–Trinajstić information content (AvgIpc) is 2.75. The topological polar surface area (TPSA) is 67.4 Å². The Bertz CT molecular complexity index is 762. The van der Waals surface area contributed by atoms with Crippen molar-refractivity contribution >= 4 is 29.9 Å². The SMILES string of the molecule is CN=C(NCCN(C)Cc1ccccc1)NCc1cc(OC)c(OC)c(OC)c1.I. The summed E-state index contributed by atoms with van der Waals surface area (Å²) in [5, 5.41) is 6.66. The highest BCUT2D eigenvalue weighted by Crippen LogP contribution is 2.38. The zero-order chi connectivity index (χ0) is 21.1. The van der Waals surface area contributed by atoms with E-state index in [0.29, 0.717) is 23.8 Å². The number of benzene rings is 2. The van der Waals surface area contributed by atoms with Crippen LogP contribution in [0.15, 0.2) is 47.5 Å². The molecule has 0 atom stereocenters. The van der Waals surface area contributed by atoms with Crippen LogP contribution in [0.5, 0.6) is 17.2 Å². The van der Waals surface area contributed by atoms with Crippen LogP contribution >= 0.6 is 24.0 Å². The normalized spacial score (nSPS) is 10.9. The van der Waals surface area contributed by atoms with Gasteiger partial charge in [-0.15, -0.1) is 24.0 Å². The van der Waals surface area contributed by atoms with Gasteiger partial charge in [-0.2, -0.15) is 0 Å². The molecule has 0 spiro atoms. The van der Waals surface area contributed by atoms with Gasteiger partial charge < -0.3 is 29.7 Å². The third-order valence-electron chi connectivity index (χ3n) is 4.49. The first-order valence-electron chi connectivity index (χ1n) is 9.57. The van der Waals surface area contributed by atoms with Crippen LogP contribution in [0.4, 0.5) is 0 Å². The maximum Gasteiger partial charge on any atom is 0.203 e. The van der Waals surface area contributed by atoms with Gasteiger partial charge in [0.15, 0.2) is 17.5 Å². The summed E-state index contributed by atoms with van der Waals surface area (Å²) in [7, 11) is 8.69. The number of guanidine groups is 1. The van der Waals surface area contributed by atoms with Gasteiger partial charge in [-0.1, -0.05) is 30.3 Å². The van der Waals surface area contributed by atoms with Crippen molar-refractivity contribution in [2.45, 2.75) is 13.1 Å². The van der Waals surface area contributed by atoms with Crippen LogP contribution in [0.1, 0.15) is 11.1 Å². The first-order valence-corrected chi connectivity index (χ1v) is 9.57. The molecule has 0 aliphatic rings. The fourth-order valence-corrected chi connectivity index (χ4v) is 2.98. The number of likely N-dealkylation sites (N-methyl/N-ethyl adjacent to an activating group) is 1. The molecule has 0 amide bonds. The summed E-state index contributed by atoms with van der Waals surface area (Å²) in [6, 6.07) is 14.3. The van der Waals surface area contributed by atoms with E-state index in [1.54, 1.807) is 28.4 Å². The summed E-state index contributed by atoms with van der Waals surface area (Å²) in [6.45, 7) is 3.19. The Morgan fingerprint density at radius 2 is 1.57 bits per heavy atom. The Morgan fingerprint density at radius 3 is 2.10 bits per heavy atom. The average molecular weight is 528 g/mol. The van der Waals surface area contributed by atoms with E-state index in [1.165, 1.54) is 5.56 Å². The fourth-order valence-electron chi connectivity index (χ4n) is 2.98. The molecule has 0 bridgehead atoms. The van der Waals surface area contributed by atoms with Crippen molar-refractivity contribution in [1.82, 2.24) is 15.5 Å². The monoisotopic (exact) mass is 528 g/mol. The van der Waals surface area contributed by atoms with Crippen molar-refractivity contribution in [2.24, 2.45) is 4.99 Å². The molecule has 2 aromatic rings. The molecule has 0 heterocycles. The summed E-state index contributed by atoms with van der Waals surface area (Å²) in [5.41, 5.74) is 2.31. The van der Waals surface area contributed by atoms with Crippen molar-refractivity contribution in [3.8, 4) is 17.2 Å². The van der Waals surface area contributed by atoms with Crippen molar-refractivity contribution < 1.29 is 14.2 Å². The molecule has 30 heavy (non-hydrogen) atoms. The second kappa shape index (κ2) is 13.9. The molecule has 0 radical (unpaired) electrons. The second-order valence-corrected chi connectivity index (χ2v) is 6.61. The van der Waals surface area contributed by atoms with E-state index in [0.717, 1.165) is 31.2 Å². The fraction of sp³-hybridized carbons (Fsp3) is 0.409. The Morgan fingerprint density at radius 1 is 0.933 bits per heavy atom. The van der Waals surface area contributed by atoms with E-state index in [-0.39, 0.29) is 24.0 Å². The van der Waals surface area contributed by atoms with Crippen molar-refractivity contribution in [2.75, 3.05) is 48.5 Å². The molecule has 166 valence electrons. The summed E-state index contributed by atoms with van der Waals surface area (Å²) >= 11 is 0. The van der Waals surface area contributed by atoms with Crippen molar-refractivity contribution in [3.05, 3.63) is 53.6 Å². The highest BCUT2D eigenvalue weighted by Gasteiger charge is 2.13. The van der Waals surface area contributed by atoms with Gasteiger partial charge in [-0.25, -0.2) is 0 Å². The standard InChI is InChI=1S/C22H32N4O3.HI/c1-23-22(24-11-12-26(2)16-17-9-7-6-8-10-17)25-15-18-13-19(27-3)21(29-5)20(14-18)28-4;/h6-10,13-14H,11-12,15-16H2,1-5H3,(H2,23,24,25);1H. The van der Waals surface area contributed by atoms with E-state index in [1.807, 2.05) is 18.2 Å². The molecule has 0 aliphatic carbocycles. The molecule has 0 aromatic heterocycles. The van der Waals surface area contributed by atoms with Crippen LogP contribution in [-0.2, 0) is 13.1 Å². The van der Waals surface area contributed by atoms with E-state index >= 15 is 0 Å². The first kappa shape index (κ1) is 25.8. The van der Waals surface area contributed by atoms with Crippen LogP contribution in [0.2, 0.25) is 0 Å². The largest absolute Gasteiger partial charge is 0.493 e. The van der Waals surface area contributed by atoms with Crippen LogP contribution < -0.4 is 24.8 Å². The van der Waals surface area contributed by atoms with Gasteiger partial charge in [0.05, 0.1) is 21.3 Å². The van der Waals surface area contributed by atoms with Gasteiger partial charge in [0.25, 0.3) is 0 Å². The zero-order valence-electron chi connectivity index (χ0n) is 18.4. The molecule has 0 aliphatic heterocycles. The molecule has 0 saturated heterocycles. The number of methoxy groups -OCH3 is 3. The van der Waals surface area contributed by atoms with Gasteiger partial charge in [0, 0.05) is 33.2 Å². The molecule has 0 unspecified atom stereocenters. The van der Waals surface area contributed by atoms with Crippen molar-refractivity contribution in [1.29, 1.82) is 0 Å². The molecule has 0 fully saturated rings. The highest BCUT2D eigenvalue weighted by atomic mass is 127. The summed E-state index contributed by atoms with van der Waals surface area (Å²) in [4.78, 5) is 6.56. The molecule has 2 aromatic carbocycles. The summed E-state index contributed by atoms with van der Waals surface area (Å²) < 4.78 is 16.2. The van der Waals surface area contributed by atoms with Crippen LogP contribution in [-0.4, -0.2) is 59.4 Å². The van der Waals surface area contributed by atoms with Gasteiger partial charge in [-0.3, -0.25) is 4.99 Å². The van der Waals surface area contributed by atoms with Gasteiger partial charge >= 0.3 is 0 Å². The lowest BCUT2D eigenvalue weighted by molar-refractivity contribution is 0.323. The van der Waals surface area contributed by atoms with Gasteiger partial charge in [0.2, 0.25) is 5.75 Å². The minimum absolute atomic E-state index is 0. The number of nitrogens with zero attached hydrogens (tertiary/aromatic N) is 2. The minimum Gasteiger partial charge on any atom is -0.493 e. The lowest BCUT2D eigenvalue weighted by Crippen LogP contribution is -2.40. The molecular formula is C22H33IN4O3. The maximum absolute atomic E-state index is 5.41. The number of ether oxygens (including phenoxy) is 3. The number of hydrogen-bond donors (Lipinski definition) is 2. The number of halogens is 1. The summed E-state index contributed by atoms with van der Waals surface area (Å²) in [5.74, 6) is 2.60. The molecular weight excluding hydrogens is 495 g/mol. The third kappa shape index (κ3) is 7.91. The minimum atomic E-state index is 0. The quantitative estimate of drug-likeness (QED) is 0.281. The summed E-state index contributed by atoms with van der Waals surface area (Å²) in [6.07, 6.45) is 0. The van der Waals surface area contributed by atoms with E-state index in [2.05, 4.69) is 51.8 Å². The molecule has 7 nitrogen and oxygen atoms in total.